The van der Waals surface area contributed by atoms with Gasteiger partial charge in [-0.1, -0.05) is 23.2 Å². The fourth-order valence-electron chi connectivity index (χ4n) is 2.88. The second kappa shape index (κ2) is 6.42. The molecular weight excluding hydrogens is 395 g/mol. The van der Waals surface area contributed by atoms with Crippen LogP contribution in [-0.4, -0.2) is 10.2 Å². The Bertz CT molecular complexity index is 1320. The van der Waals surface area contributed by atoms with Crippen LogP contribution in [0.2, 0.25) is 10.0 Å². The normalized spacial score (nSPS) is 12.6. The monoisotopic (exact) mass is 404 g/mol. The van der Waals surface area contributed by atoms with Crippen LogP contribution in [0.15, 0.2) is 61.1 Å². The average Bonchev–Trinajstić information content (AvgIpc) is 2.63. The van der Waals surface area contributed by atoms with Gasteiger partial charge in [0.05, 0.1) is 16.3 Å². The summed E-state index contributed by atoms with van der Waals surface area (Å²) in [6.45, 7) is 0. The molecule has 0 amide bonds. The molecule has 8 heteroatoms. The van der Waals surface area contributed by atoms with Crippen molar-refractivity contribution in [3.63, 3.8) is 0 Å². The maximum absolute atomic E-state index is 12.7. The van der Waals surface area contributed by atoms with Crippen LogP contribution in [0.25, 0.3) is 21.9 Å². The van der Waals surface area contributed by atoms with Crippen molar-refractivity contribution >= 4 is 45.1 Å². The molecule has 1 unspecified atom stereocenters. The Labute approximate surface area is 160 Å². The molecule has 27 heavy (non-hydrogen) atoms. The molecule has 2 heterocycles. The van der Waals surface area contributed by atoms with E-state index in [1.807, 2.05) is 0 Å². The van der Waals surface area contributed by atoms with Crippen molar-refractivity contribution in [2.24, 2.45) is 0 Å². The predicted octanol–water partition coefficient (Wildman–Crippen LogP) is 3.99. The molecule has 0 saturated heterocycles. The second-order valence-corrected chi connectivity index (χ2v) is 6.73. The van der Waals surface area contributed by atoms with E-state index < -0.39 is 28.5 Å². The molecule has 0 bridgehead atoms. The summed E-state index contributed by atoms with van der Waals surface area (Å²) in [6, 6.07) is 8.75. The van der Waals surface area contributed by atoms with E-state index >= 15 is 0 Å². The molecule has 0 aliphatic heterocycles. The molecule has 0 spiro atoms. The first-order valence-corrected chi connectivity index (χ1v) is 8.46. The van der Waals surface area contributed by atoms with E-state index in [1.54, 1.807) is 6.07 Å². The molecule has 0 aliphatic carbocycles. The Morgan fingerprint density at radius 1 is 0.926 bits per heavy atom. The number of halogens is 2. The summed E-state index contributed by atoms with van der Waals surface area (Å²) in [7, 11) is 0. The maximum Gasteiger partial charge on any atom is 0.346 e. The van der Waals surface area contributed by atoms with Crippen molar-refractivity contribution < 1.29 is 19.0 Å². The van der Waals surface area contributed by atoms with Crippen LogP contribution in [-0.2, 0) is 0 Å². The molecular formula is C19H10Cl2O6. The van der Waals surface area contributed by atoms with Gasteiger partial charge in [0.2, 0.25) is 0 Å². The standard InChI is InChI=1S/C19H10Cl2O6/c20-8-1-3-13-10(5-8)16(22)12(7-26-13)18(24)15-17(23)11-6-9(21)2-4-14(11)27-19(15)25/h1-7,18,23-24H. The maximum atomic E-state index is 12.7. The van der Waals surface area contributed by atoms with Crippen LogP contribution in [0, 0.1) is 0 Å². The Balaban J connectivity index is 1.97. The molecule has 136 valence electrons. The number of aromatic hydroxyl groups is 1. The molecule has 0 fully saturated rings. The number of aliphatic hydroxyl groups excluding tert-OH is 1. The SMILES string of the molecule is O=c1oc2ccc(Cl)cc2c(O)c1C(O)c1coc2ccc(Cl)cc2c1=O. The number of fused-ring (bicyclic) bond motifs is 2. The zero-order chi connectivity index (χ0) is 19.3. The van der Waals surface area contributed by atoms with Gasteiger partial charge in [-0.3, -0.25) is 4.79 Å². The quantitative estimate of drug-likeness (QED) is 0.489. The smallest absolute Gasteiger partial charge is 0.346 e. The zero-order valence-electron chi connectivity index (χ0n) is 13.4. The number of hydrogen-bond acceptors (Lipinski definition) is 6. The molecule has 2 aromatic carbocycles. The molecule has 4 rings (SSSR count). The van der Waals surface area contributed by atoms with Gasteiger partial charge in [-0.25, -0.2) is 4.79 Å². The first kappa shape index (κ1) is 17.6. The largest absolute Gasteiger partial charge is 0.506 e. The van der Waals surface area contributed by atoms with Gasteiger partial charge in [0.15, 0.2) is 5.43 Å². The molecule has 0 radical (unpaired) electrons. The van der Waals surface area contributed by atoms with E-state index in [0.29, 0.717) is 10.0 Å². The minimum Gasteiger partial charge on any atom is -0.506 e. The Morgan fingerprint density at radius 3 is 2.26 bits per heavy atom. The van der Waals surface area contributed by atoms with Crippen LogP contribution in [0.5, 0.6) is 5.75 Å². The minimum atomic E-state index is -1.77. The van der Waals surface area contributed by atoms with Gasteiger partial charge in [0, 0.05) is 10.0 Å². The number of hydrogen-bond donors (Lipinski definition) is 2. The van der Waals surface area contributed by atoms with Crippen molar-refractivity contribution in [3.8, 4) is 5.75 Å². The average molecular weight is 405 g/mol. The highest BCUT2D eigenvalue weighted by Gasteiger charge is 2.26. The van der Waals surface area contributed by atoms with Gasteiger partial charge in [0.25, 0.3) is 0 Å². The lowest BCUT2D eigenvalue weighted by Crippen LogP contribution is -2.20. The van der Waals surface area contributed by atoms with E-state index in [4.69, 9.17) is 32.0 Å². The third-order valence-electron chi connectivity index (χ3n) is 4.20. The Kier molecular flexibility index (Phi) is 4.19. The van der Waals surface area contributed by atoms with Crippen molar-refractivity contribution in [3.05, 3.63) is 84.5 Å². The molecule has 0 saturated carbocycles. The van der Waals surface area contributed by atoms with E-state index in [-0.39, 0.29) is 27.5 Å². The minimum absolute atomic E-state index is 0.0928. The van der Waals surface area contributed by atoms with E-state index in [9.17, 15) is 19.8 Å². The molecule has 6 nitrogen and oxygen atoms in total. The summed E-state index contributed by atoms with van der Waals surface area (Å²) in [5, 5.41) is 22.0. The summed E-state index contributed by atoms with van der Waals surface area (Å²) in [6.07, 6.45) is -0.742. The fraction of sp³-hybridized carbons (Fsp3) is 0.0526. The third-order valence-corrected chi connectivity index (χ3v) is 4.67. The first-order valence-electron chi connectivity index (χ1n) is 7.71. The molecule has 2 N–H and O–H groups in total. The third kappa shape index (κ3) is 2.88. The van der Waals surface area contributed by atoms with Gasteiger partial charge in [0.1, 0.15) is 34.8 Å². The lowest BCUT2D eigenvalue weighted by molar-refractivity contribution is 0.207. The number of benzene rings is 2. The molecule has 1 atom stereocenters. The topological polar surface area (TPSA) is 101 Å². The highest BCUT2D eigenvalue weighted by atomic mass is 35.5. The van der Waals surface area contributed by atoms with Crippen molar-refractivity contribution in [1.29, 1.82) is 0 Å². The summed E-state index contributed by atoms with van der Waals surface area (Å²) in [5.74, 6) is -0.526. The van der Waals surface area contributed by atoms with Crippen LogP contribution < -0.4 is 11.1 Å². The van der Waals surface area contributed by atoms with Crippen molar-refractivity contribution in [1.82, 2.24) is 0 Å². The van der Waals surface area contributed by atoms with Gasteiger partial charge in [-0.2, -0.15) is 0 Å². The van der Waals surface area contributed by atoms with Gasteiger partial charge < -0.3 is 19.0 Å². The number of rotatable bonds is 2. The Hall–Kier alpha value is -2.80. The first-order chi connectivity index (χ1) is 12.9. The van der Waals surface area contributed by atoms with Crippen LogP contribution in [0.4, 0.5) is 0 Å². The van der Waals surface area contributed by atoms with E-state index in [0.717, 1.165) is 6.26 Å². The van der Waals surface area contributed by atoms with Crippen molar-refractivity contribution in [2.75, 3.05) is 0 Å². The van der Waals surface area contributed by atoms with Crippen LogP contribution in [0.1, 0.15) is 17.2 Å². The number of aliphatic hydroxyl groups is 1. The summed E-state index contributed by atoms with van der Waals surface area (Å²) in [4.78, 5) is 25.0. The predicted molar refractivity (Wildman–Crippen MR) is 101 cm³/mol. The lowest BCUT2D eigenvalue weighted by Gasteiger charge is -2.12. The highest BCUT2D eigenvalue weighted by Crippen LogP contribution is 2.33. The highest BCUT2D eigenvalue weighted by molar-refractivity contribution is 6.31. The van der Waals surface area contributed by atoms with E-state index in [2.05, 4.69) is 0 Å². The Morgan fingerprint density at radius 2 is 1.56 bits per heavy atom. The van der Waals surface area contributed by atoms with Gasteiger partial charge in [-0.05, 0) is 36.4 Å². The second-order valence-electron chi connectivity index (χ2n) is 5.86. The summed E-state index contributed by atoms with van der Waals surface area (Å²) < 4.78 is 10.5. The van der Waals surface area contributed by atoms with Crippen molar-refractivity contribution in [2.45, 2.75) is 6.10 Å². The summed E-state index contributed by atoms with van der Waals surface area (Å²) in [5.41, 5.74) is -1.94. The summed E-state index contributed by atoms with van der Waals surface area (Å²) >= 11 is 11.8. The molecule has 2 aromatic heterocycles. The van der Waals surface area contributed by atoms with Crippen LogP contribution >= 0.6 is 23.2 Å². The van der Waals surface area contributed by atoms with Crippen LogP contribution in [0.3, 0.4) is 0 Å². The van der Waals surface area contributed by atoms with Gasteiger partial charge >= 0.3 is 5.63 Å². The zero-order valence-corrected chi connectivity index (χ0v) is 14.9. The molecule has 0 aliphatic rings. The van der Waals surface area contributed by atoms with Gasteiger partial charge in [-0.15, -0.1) is 0 Å². The fourth-order valence-corrected chi connectivity index (χ4v) is 3.22. The lowest BCUT2D eigenvalue weighted by atomic mass is 10.0. The van der Waals surface area contributed by atoms with E-state index in [1.165, 1.54) is 30.3 Å². The molecule has 4 aromatic rings.